The quantitative estimate of drug-likeness (QED) is 0.777. The molecule has 0 aliphatic rings. The van der Waals surface area contributed by atoms with Gasteiger partial charge in [-0.25, -0.2) is 0 Å². The summed E-state index contributed by atoms with van der Waals surface area (Å²) in [5.74, 6) is 1.62. The van der Waals surface area contributed by atoms with Crippen LogP contribution in [0.25, 0.3) is 11.0 Å². The Morgan fingerprint density at radius 2 is 1.88 bits per heavy atom. The zero-order chi connectivity index (χ0) is 11.7. The van der Waals surface area contributed by atoms with Crippen LogP contribution in [0.2, 0.25) is 0 Å². The normalized spacial score (nSPS) is 10.4. The summed E-state index contributed by atoms with van der Waals surface area (Å²) < 4.78 is 15.7. The van der Waals surface area contributed by atoms with Gasteiger partial charge in [0.2, 0.25) is 0 Å². The second-order valence-electron chi connectivity index (χ2n) is 3.42. The Morgan fingerprint density at radius 3 is 2.50 bits per heavy atom. The van der Waals surface area contributed by atoms with E-state index < -0.39 is 0 Å². The van der Waals surface area contributed by atoms with E-state index >= 15 is 0 Å². The van der Waals surface area contributed by atoms with Crippen molar-refractivity contribution in [3.63, 3.8) is 0 Å². The summed E-state index contributed by atoms with van der Waals surface area (Å²) in [6.07, 6.45) is 0. The van der Waals surface area contributed by atoms with Crippen molar-refractivity contribution in [3.05, 3.63) is 34.2 Å². The van der Waals surface area contributed by atoms with Crippen molar-refractivity contribution in [2.24, 2.45) is 0 Å². The average Bonchev–Trinajstić information content (AvgIpc) is 2.26. The highest BCUT2D eigenvalue weighted by Gasteiger charge is 2.11. The van der Waals surface area contributed by atoms with E-state index in [9.17, 15) is 4.79 Å². The predicted molar refractivity (Wildman–Crippen MR) is 60.3 cm³/mol. The van der Waals surface area contributed by atoms with Crippen LogP contribution in [-0.4, -0.2) is 14.2 Å². The maximum absolute atomic E-state index is 11.8. The van der Waals surface area contributed by atoms with Crippen LogP contribution in [0, 0.1) is 6.92 Å². The lowest BCUT2D eigenvalue weighted by Crippen LogP contribution is -2.03. The van der Waals surface area contributed by atoms with Gasteiger partial charge in [0.25, 0.3) is 0 Å². The van der Waals surface area contributed by atoms with E-state index in [0.717, 1.165) is 0 Å². The number of benzene rings is 1. The summed E-state index contributed by atoms with van der Waals surface area (Å²) in [6.45, 7) is 1.73. The molecule has 84 valence electrons. The number of rotatable bonds is 2. The van der Waals surface area contributed by atoms with Gasteiger partial charge in [-0.3, -0.25) is 4.79 Å². The van der Waals surface area contributed by atoms with Gasteiger partial charge in [-0.1, -0.05) is 0 Å². The molecule has 0 atom stereocenters. The molecular formula is C12H12O4. The van der Waals surface area contributed by atoms with Crippen LogP contribution in [-0.2, 0) is 0 Å². The van der Waals surface area contributed by atoms with E-state index in [1.54, 1.807) is 26.2 Å². The third kappa shape index (κ3) is 1.62. The first kappa shape index (κ1) is 10.5. The summed E-state index contributed by atoms with van der Waals surface area (Å²) in [5, 5.41) is 0.439. The number of hydrogen-bond acceptors (Lipinski definition) is 4. The third-order valence-electron chi connectivity index (χ3n) is 2.35. The van der Waals surface area contributed by atoms with Crippen LogP contribution in [0.5, 0.6) is 11.5 Å². The van der Waals surface area contributed by atoms with E-state index in [4.69, 9.17) is 13.9 Å². The van der Waals surface area contributed by atoms with E-state index in [1.807, 2.05) is 0 Å². The summed E-state index contributed by atoms with van der Waals surface area (Å²) in [4.78, 5) is 11.8. The van der Waals surface area contributed by atoms with Gasteiger partial charge < -0.3 is 13.9 Å². The molecule has 0 radical (unpaired) electrons. The molecule has 1 heterocycles. The molecule has 0 aliphatic carbocycles. The molecule has 4 nitrogen and oxygen atoms in total. The van der Waals surface area contributed by atoms with Crippen LogP contribution in [0.4, 0.5) is 0 Å². The molecule has 0 spiro atoms. The summed E-state index contributed by atoms with van der Waals surface area (Å²) >= 11 is 0. The Kier molecular flexibility index (Phi) is 2.56. The third-order valence-corrected chi connectivity index (χ3v) is 2.35. The Balaban J connectivity index is 2.89. The topological polar surface area (TPSA) is 48.7 Å². The van der Waals surface area contributed by atoms with E-state index in [2.05, 4.69) is 0 Å². The second-order valence-corrected chi connectivity index (χ2v) is 3.42. The minimum atomic E-state index is -0.113. The highest BCUT2D eigenvalue weighted by molar-refractivity contribution is 5.85. The van der Waals surface area contributed by atoms with Crippen LogP contribution in [0.1, 0.15) is 5.76 Å². The smallest absolute Gasteiger partial charge is 0.196 e. The number of aryl methyl sites for hydroxylation is 1. The molecule has 2 rings (SSSR count). The SMILES string of the molecule is COc1cc(OC)c2c(=O)cc(C)oc2c1. The number of fused-ring (bicyclic) bond motifs is 1. The fraction of sp³-hybridized carbons (Fsp3) is 0.250. The maximum Gasteiger partial charge on any atom is 0.196 e. The molecule has 16 heavy (non-hydrogen) atoms. The van der Waals surface area contributed by atoms with Crippen molar-refractivity contribution < 1.29 is 13.9 Å². The number of ether oxygens (including phenoxy) is 2. The molecule has 1 aromatic carbocycles. The van der Waals surface area contributed by atoms with E-state index in [0.29, 0.717) is 28.2 Å². The van der Waals surface area contributed by atoms with Gasteiger partial charge in [0, 0.05) is 18.2 Å². The highest BCUT2D eigenvalue weighted by atomic mass is 16.5. The van der Waals surface area contributed by atoms with Gasteiger partial charge in [0.05, 0.1) is 14.2 Å². The van der Waals surface area contributed by atoms with Crippen molar-refractivity contribution >= 4 is 11.0 Å². The van der Waals surface area contributed by atoms with Gasteiger partial charge in [-0.2, -0.15) is 0 Å². The van der Waals surface area contributed by atoms with Crippen molar-refractivity contribution in [2.45, 2.75) is 6.92 Å². The maximum atomic E-state index is 11.8. The average molecular weight is 220 g/mol. The van der Waals surface area contributed by atoms with Crippen LogP contribution in [0.15, 0.2) is 27.4 Å². The molecule has 0 aliphatic heterocycles. The molecule has 4 heteroatoms. The first-order valence-corrected chi connectivity index (χ1v) is 4.82. The molecule has 0 saturated heterocycles. The molecular weight excluding hydrogens is 208 g/mol. The molecule has 0 unspecified atom stereocenters. The first-order valence-electron chi connectivity index (χ1n) is 4.82. The largest absolute Gasteiger partial charge is 0.496 e. The second kappa shape index (κ2) is 3.89. The lowest BCUT2D eigenvalue weighted by atomic mass is 10.2. The van der Waals surface area contributed by atoms with Crippen LogP contribution in [0.3, 0.4) is 0 Å². The fourth-order valence-electron chi connectivity index (χ4n) is 1.63. The van der Waals surface area contributed by atoms with Crippen LogP contribution >= 0.6 is 0 Å². The summed E-state index contributed by atoms with van der Waals surface area (Å²) in [6, 6.07) is 4.78. The lowest BCUT2D eigenvalue weighted by Gasteiger charge is -2.07. The molecule has 0 fully saturated rings. The number of methoxy groups -OCH3 is 2. The van der Waals surface area contributed by atoms with Crippen molar-refractivity contribution in [3.8, 4) is 11.5 Å². The Labute approximate surface area is 92.4 Å². The molecule has 0 N–H and O–H groups in total. The van der Waals surface area contributed by atoms with Crippen molar-refractivity contribution in [2.75, 3.05) is 14.2 Å². The Hall–Kier alpha value is -1.97. The van der Waals surface area contributed by atoms with Gasteiger partial charge in [-0.05, 0) is 6.92 Å². The van der Waals surface area contributed by atoms with Gasteiger partial charge in [-0.15, -0.1) is 0 Å². The van der Waals surface area contributed by atoms with Crippen molar-refractivity contribution in [1.82, 2.24) is 0 Å². The fourth-order valence-corrected chi connectivity index (χ4v) is 1.63. The van der Waals surface area contributed by atoms with Gasteiger partial charge >= 0.3 is 0 Å². The molecule has 0 saturated carbocycles. The molecule has 0 bridgehead atoms. The zero-order valence-corrected chi connectivity index (χ0v) is 9.37. The minimum Gasteiger partial charge on any atom is -0.496 e. The van der Waals surface area contributed by atoms with E-state index in [-0.39, 0.29) is 5.43 Å². The molecule has 0 amide bonds. The van der Waals surface area contributed by atoms with Crippen LogP contribution < -0.4 is 14.9 Å². The predicted octanol–water partition coefficient (Wildman–Crippen LogP) is 2.12. The van der Waals surface area contributed by atoms with Crippen molar-refractivity contribution in [1.29, 1.82) is 0 Å². The zero-order valence-electron chi connectivity index (χ0n) is 9.37. The monoisotopic (exact) mass is 220 g/mol. The minimum absolute atomic E-state index is 0.113. The van der Waals surface area contributed by atoms with Gasteiger partial charge in [0.1, 0.15) is 28.2 Å². The summed E-state index contributed by atoms with van der Waals surface area (Å²) in [5.41, 5.74) is 0.361. The standard InChI is InChI=1S/C12H12O4/c1-7-4-9(13)12-10(15-3)5-8(14-2)6-11(12)16-7/h4-6H,1-3H3. The van der Waals surface area contributed by atoms with Gasteiger partial charge in [0.15, 0.2) is 5.43 Å². The Morgan fingerprint density at radius 1 is 1.12 bits per heavy atom. The highest BCUT2D eigenvalue weighted by Crippen LogP contribution is 2.29. The molecule has 1 aromatic heterocycles. The first-order chi connectivity index (χ1) is 7.65. The lowest BCUT2D eigenvalue weighted by molar-refractivity contribution is 0.396. The Bertz CT molecular complexity index is 583. The van der Waals surface area contributed by atoms with E-state index in [1.165, 1.54) is 13.2 Å². The number of hydrogen-bond donors (Lipinski definition) is 0. The summed E-state index contributed by atoms with van der Waals surface area (Å²) in [7, 11) is 3.06. The molecule has 2 aromatic rings.